The van der Waals surface area contributed by atoms with Crippen molar-refractivity contribution in [3.05, 3.63) is 66.5 Å². The van der Waals surface area contributed by atoms with Crippen LogP contribution in [0, 0.1) is 0 Å². The summed E-state index contributed by atoms with van der Waals surface area (Å²) < 4.78 is 7.26. The fraction of sp³-hybridized carbons (Fsp3) is 0.190. The Morgan fingerprint density at radius 2 is 1.89 bits per heavy atom. The molecule has 2 aromatic carbocycles. The maximum Gasteiger partial charge on any atom is 0.191 e. The second-order valence-corrected chi connectivity index (χ2v) is 7.26. The van der Waals surface area contributed by atoms with E-state index in [2.05, 4.69) is 15.2 Å². The van der Waals surface area contributed by atoms with Crippen LogP contribution < -0.4 is 0 Å². The summed E-state index contributed by atoms with van der Waals surface area (Å²) in [5.74, 6) is 1.56. The number of nitrogens with zero attached hydrogens (tertiary/aromatic N) is 4. The van der Waals surface area contributed by atoms with Crippen LogP contribution in [0.3, 0.4) is 0 Å². The van der Waals surface area contributed by atoms with E-state index in [-0.39, 0.29) is 5.75 Å². The highest BCUT2D eigenvalue weighted by Gasteiger charge is 2.18. The minimum Gasteiger partial charge on any atom is -0.507 e. The molecule has 0 aliphatic carbocycles. The summed E-state index contributed by atoms with van der Waals surface area (Å²) in [7, 11) is 1.67. The molecule has 0 saturated carbocycles. The molecule has 0 fully saturated rings. The predicted octanol–water partition coefficient (Wildman–Crippen LogP) is 4.14. The minimum absolute atomic E-state index is 0.188. The highest BCUT2D eigenvalue weighted by atomic mass is 32.2. The Kier molecular flexibility index (Phi) is 5.55. The van der Waals surface area contributed by atoms with Crippen molar-refractivity contribution < 1.29 is 9.84 Å². The van der Waals surface area contributed by atoms with E-state index in [1.807, 2.05) is 53.2 Å². The van der Waals surface area contributed by atoms with Crippen molar-refractivity contribution in [2.75, 3.05) is 13.7 Å². The molecule has 2 heterocycles. The van der Waals surface area contributed by atoms with E-state index in [9.17, 15) is 5.11 Å². The van der Waals surface area contributed by atoms with Crippen molar-refractivity contribution in [1.29, 1.82) is 0 Å². The van der Waals surface area contributed by atoms with E-state index in [1.54, 1.807) is 31.1 Å². The first-order valence-electron chi connectivity index (χ1n) is 8.92. The molecule has 0 unspecified atom stereocenters. The van der Waals surface area contributed by atoms with Crippen LogP contribution in [0.1, 0.15) is 5.56 Å². The molecule has 6 nitrogen and oxygen atoms in total. The zero-order valence-electron chi connectivity index (χ0n) is 15.4. The Labute approximate surface area is 167 Å². The lowest BCUT2D eigenvalue weighted by Gasteiger charge is -2.11. The number of phenols is 1. The Balaban J connectivity index is 1.70. The first-order valence-corrected chi connectivity index (χ1v) is 9.91. The average Bonchev–Trinajstić information content (AvgIpc) is 3.13. The Hall–Kier alpha value is -2.90. The summed E-state index contributed by atoms with van der Waals surface area (Å²) in [4.78, 5) is 4.15. The van der Waals surface area contributed by atoms with Gasteiger partial charge in [0.15, 0.2) is 11.0 Å². The number of hydrogen-bond donors (Lipinski definition) is 1. The smallest absolute Gasteiger partial charge is 0.191 e. The number of methoxy groups -OCH3 is 1. The van der Waals surface area contributed by atoms with Gasteiger partial charge in [-0.25, -0.2) is 0 Å². The fourth-order valence-electron chi connectivity index (χ4n) is 3.02. The van der Waals surface area contributed by atoms with Gasteiger partial charge in [0.1, 0.15) is 5.75 Å². The summed E-state index contributed by atoms with van der Waals surface area (Å²) in [6, 6.07) is 15.6. The summed E-state index contributed by atoms with van der Waals surface area (Å²) in [5, 5.41) is 22.2. The molecule has 0 bridgehead atoms. The van der Waals surface area contributed by atoms with Crippen LogP contribution in [0.5, 0.6) is 5.75 Å². The van der Waals surface area contributed by atoms with Gasteiger partial charge in [-0.1, -0.05) is 42.1 Å². The third-order valence-corrected chi connectivity index (χ3v) is 5.47. The van der Waals surface area contributed by atoms with Gasteiger partial charge in [0.25, 0.3) is 0 Å². The number of phenolic OH excluding ortho intramolecular Hbond substituents is 1. The highest BCUT2D eigenvalue weighted by Crippen LogP contribution is 2.34. The molecule has 4 aromatic rings. The molecule has 4 rings (SSSR count). The lowest BCUT2D eigenvalue weighted by atomic mass is 10.1. The van der Waals surface area contributed by atoms with Crippen LogP contribution in [-0.4, -0.2) is 38.6 Å². The molecule has 0 amide bonds. The number of aromatic nitrogens is 4. The number of ether oxygens (including phenoxy) is 1. The summed E-state index contributed by atoms with van der Waals surface area (Å²) in [5.41, 5.74) is 1.78. The number of fused-ring (bicyclic) bond motifs is 1. The van der Waals surface area contributed by atoms with Crippen molar-refractivity contribution in [2.45, 2.75) is 17.5 Å². The maximum atomic E-state index is 10.6. The molecule has 0 spiro atoms. The van der Waals surface area contributed by atoms with Crippen molar-refractivity contribution in [3.63, 3.8) is 0 Å². The lowest BCUT2D eigenvalue weighted by molar-refractivity contribution is 0.185. The molecule has 1 N–H and O–H groups in total. The van der Waals surface area contributed by atoms with Crippen molar-refractivity contribution in [3.8, 4) is 17.1 Å². The molecular weight excluding hydrogens is 372 g/mol. The second kappa shape index (κ2) is 8.41. The van der Waals surface area contributed by atoms with E-state index < -0.39 is 0 Å². The van der Waals surface area contributed by atoms with Gasteiger partial charge in [-0.15, -0.1) is 10.2 Å². The molecule has 0 atom stereocenters. The zero-order valence-corrected chi connectivity index (χ0v) is 16.3. The third-order valence-electron chi connectivity index (χ3n) is 4.43. The van der Waals surface area contributed by atoms with Crippen LogP contribution in [0.15, 0.2) is 66.1 Å². The van der Waals surface area contributed by atoms with Gasteiger partial charge < -0.3 is 9.84 Å². The van der Waals surface area contributed by atoms with Gasteiger partial charge in [-0.05, 0) is 34.5 Å². The van der Waals surface area contributed by atoms with Crippen molar-refractivity contribution in [2.24, 2.45) is 0 Å². The number of thioether (sulfide) groups is 1. The van der Waals surface area contributed by atoms with E-state index in [0.717, 1.165) is 27.2 Å². The first-order chi connectivity index (χ1) is 13.8. The van der Waals surface area contributed by atoms with Gasteiger partial charge in [-0.2, -0.15) is 0 Å². The normalized spacial score (nSPS) is 11.2. The van der Waals surface area contributed by atoms with Crippen LogP contribution in [0.2, 0.25) is 0 Å². The zero-order chi connectivity index (χ0) is 19.3. The number of hydrogen-bond acceptors (Lipinski definition) is 6. The van der Waals surface area contributed by atoms with E-state index >= 15 is 0 Å². The molecular formula is C21H20N4O2S. The monoisotopic (exact) mass is 392 g/mol. The fourth-order valence-corrected chi connectivity index (χ4v) is 3.92. The number of aromatic hydroxyl groups is 1. The van der Waals surface area contributed by atoms with Gasteiger partial charge in [0.2, 0.25) is 0 Å². The van der Waals surface area contributed by atoms with E-state index in [0.29, 0.717) is 24.5 Å². The van der Waals surface area contributed by atoms with Crippen LogP contribution in [0.25, 0.3) is 22.2 Å². The molecule has 7 heteroatoms. The van der Waals surface area contributed by atoms with Crippen LogP contribution >= 0.6 is 11.8 Å². The van der Waals surface area contributed by atoms with Crippen LogP contribution in [0.4, 0.5) is 0 Å². The van der Waals surface area contributed by atoms with Crippen molar-refractivity contribution in [1.82, 2.24) is 19.7 Å². The summed E-state index contributed by atoms with van der Waals surface area (Å²) >= 11 is 1.59. The Morgan fingerprint density at radius 3 is 2.64 bits per heavy atom. The van der Waals surface area contributed by atoms with E-state index in [1.165, 1.54) is 0 Å². The second-order valence-electron chi connectivity index (χ2n) is 6.32. The van der Waals surface area contributed by atoms with Gasteiger partial charge in [0.05, 0.1) is 18.7 Å². The van der Waals surface area contributed by atoms with Gasteiger partial charge >= 0.3 is 0 Å². The molecule has 28 heavy (non-hydrogen) atoms. The Morgan fingerprint density at radius 1 is 1.07 bits per heavy atom. The summed E-state index contributed by atoms with van der Waals surface area (Å²) in [6.07, 6.45) is 3.61. The van der Waals surface area contributed by atoms with Gasteiger partial charge in [0, 0.05) is 25.3 Å². The van der Waals surface area contributed by atoms with Gasteiger partial charge in [-0.3, -0.25) is 9.55 Å². The molecule has 0 radical (unpaired) electrons. The quantitative estimate of drug-likeness (QED) is 0.477. The predicted molar refractivity (Wildman–Crippen MR) is 110 cm³/mol. The largest absolute Gasteiger partial charge is 0.507 e. The third kappa shape index (κ3) is 3.85. The lowest BCUT2D eigenvalue weighted by Crippen LogP contribution is -2.07. The minimum atomic E-state index is 0.188. The SMILES string of the molecule is COCCn1c(SCc2cccnc2)nnc1-c1cc2ccccc2cc1O. The van der Waals surface area contributed by atoms with E-state index in [4.69, 9.17) is 4.74 Å². The molecule has 0 saturated heterocycles. The summed E-state index contributed by atoms with van der Waals surface area (Å²) in [6.45, 7) is 1.13. The number of benzene rings is 2. The number of pyridine rings is 1. The average molecular weight is 392 g/mol. The standard InChI is InChI=1S/C21H20N4O2S/c1-27-10-9-25-20(18-11-16-6-2-3-7-17(16)12-19(18)26)23-24-21(25)28-14-15-5-4-8-22-13-15/h2-8,11-13,26H,9-10,14H2,1H3. The first kappa shape index (κ1) is 18.5. The van der Waals surface area contributed by atoms with Crippen molar-refractivity contribution >= 4 is 22.5 Å². The molecule has 2 aromatic heterocycles. The molecule has 142 valence electrons. The maximum absolute atomic E-state index is 10.6. The van der Waals surface area contributed by atoms with Crippen LogP contribution in [-0.2, 0) is 17.0 Å². The highest BCUT2D eigenvalue weighted by molar-refractivity contribution is 7.98. The topological polar surface area (TPSA) is 73.1 Å². The Bertz CT molecular complexity index is 1080. The molecule has 0 aliphatic heterocycles. The number of rotatable bonds is 7. The molecule has 0 aliphatic rings.